The Bertz CT molecular complexity index is 240. The van der Waals surface area contributed by atoms with Crippen molar-refractivity contribution in [3.63, 3.8) is 0 Å². The second kappa shape index (κ2) is 13.0. The molecule has 0 saturated carbocycles. The highest BCUT2D eigenvalue weighted by Crippen LogP contribution is 2.21. The van der Waals surface area contributed by atoms with Crippen molar-refractivity contribution in [1.82, 2.24) is 5.32 Å². The fourth-order valence-electron chi connectivity index (χ4n) is 1.01. The van der Waals surface area contributed by atoms with Gasteiger partial charge in [0.2, 0.25) is 0 Å². The number of rotatable bonds is 11. The molecule has 0 aliphatic heterocycles. The van der Waals surface area contributed by atoms with Gasteiger partial charge in [-0.2, -0.15) is 0 Å². The maximum atomic E-state index is 10.7. The van der Waals surface area contributed by atoms with Crippen LogP contribution in [0.15, 0.2) is 0 Å². The Hall–Kier alpha value is -0.400. The predicted molar refractivity (Wildman–Crippen MR) is 78.8 cm³/mol. The average Bonchev–Trinajstić information content (AvgIpc) is 2.35. The number of alkyl carbamates (subject to hydrolysis) is 1. The quantitative estimate of drug-likeness (QED) is 0.348. The molecule has 0 spiro atoms. The maximum Gasteiger partial charge on any atom is 0.406 e. The molecule has 0 aromatic heterocycles. The van der Waals surface area contributed by atoms with Crippen molar-refractivity contribution in [1.29, 1.82) is 5.41 Å². The lowest BCUT2D eigenvalue weighted by Gasteiger charge is -2.05. The summed E-state index contributed by atoms with van der Waals surface area (Å²) in [6.45, 7) is 3.51. The van der Waals surface area contributed by atoms with Crippen LogP contribution in [-0.2, 0) is 9.47 Å². The SMILES string of the molecule is COC(=O)NCCOCCSSCCCC(C)=N. The molecular weight excluding hydrogens is 272 g/mol. The van der Waals surface area contributed by atoms with Gasteiger partial charge in [-0.15, -0.1) is 0 Å². The number of carbonyl (C=O) groups excluding carboxylic acids is 1. The highest BCUT2D eigenvalue weighted by atomic mass is 33.1. The summed E-state index contributed by atoms with van der Waals surface area (Å²) in [6, 6.07) is 0. The largest absolute Gasteiger partial charge is 0.453 e. The van der Waals surface area contributed by atoms with Gasteiger partial charge in [0.1, 0.15) is 0 Å². The van der Waals surface area contributed by atoms with Crippen LogP contribution in [0.25, 0.3) is 0 Å². The minimum Gasteiger partial charge on any atom is -0.453 e. The van der Waals surface area contributed by atoms with Crippen molar-refractivity contribution in [2.24, 2.45) is 0 Å². The van der Waals surface area contributed by atoms with E-state index in [4.69, 9.17) is 10.1 Å². The molecule has 18 heavy (non-hydrogen) atoms. The highest BCUT2D eigenvalue weighted by Gasteiger charge is 1.97. The van der Waals surface area contributed by atoms with E-state index in [1.54, 1.807) is 10.8 Å². The maximum absolute atomic E-state index is 10.7. The first-order valence-electron chi connectivity index (χ1n) is 5.84. The second-order valence-electron chi connectivity index (χ2n) is 3.56. The minimum absolute atomic E-state index is 0.426. The van der Waals surface area contributed by atoms with Crippen molar-refractivity contribution < 1.29 is 14.3 Å². The molecule has 0 heterocycles. The number of methoxy groups -OCH3 is 1. The van der Waals surface area contributed by atoms with Crippen LogP contribution >= 0.6 is 21.6 Å². The summed E-state index contributed by atoms with van der Waals surface area (Å²) in [5.41, 5.74) is 0.752. The lowest BCUT2D eigenvalue weighted by atomic mass is 10.2. The van der Waals surface area contributed by atoms with Gasteiger partial charge in [-0.05, 0) is 19.8 Å². The molecule has 106 valence electrons. The summed E-state index contributed by atoms with van der Waals surface area (Å²) in [5, 5.41) is 9.82. The summed E-state index contributed by atoms with van der Waals surface area (Å²) in [5.74, 6) is 2.01. The third-order valence-electron chi connectivity index (χ3n) is 1.87. The molecule has 0 aromatic carbocycles. The Kier molecular flexibility index (Phi) is 12.8. The molecule has 0 unspecified atom stereocenters. The number of hydrogen-bond donors (Lipinski definition) is 2. The third-order valence-corrected chi connectivity index (χ3v) is 4.33. The molecule has 0 rings (SSSR count). The predicted octanol–water partition coefficient (Wildman–Crippen LogP) is 2.56. The van der Waals surface area contributed by atoms with E-state index in [9.17, 15) is 4.79 Å². The Labute approximate surface area is 117 Å². The Morgan fingerprint density at radius 3 is 2.67 bits per heavy atom. The molecule has 0 saturated heterocycles. The second-order valence-corrected chi connectivity index (χ2v) is 6.26. The van der Waals surface area contributed by atoms with E-state index in [2.05, 4.69) is 10.1 Å². The first-order valence-corrected chi connectivity index (χ1v) is 8.33. The van der Waals surface area contributed by atoms with E-state index in [-0.39, 0.29) is 0 Å². The van der Waals surface area contributed by atoms with E-state index >= 15 is 0 Å². The fraction of sp³-hybridized carbons (Fsp3) is 0.818. The average molecular weight is 294 g/mol. The van der Waals surface area contributed by atoms with Gasteiger partial charge in [-0.25, -0.2) is 4.79 Å². The van der Waals surface area contributed by atoms with Crippen LogP contribution in [0, 0.1) is 5.41 Å². The number of hydrogen-bond acceptors (Lipinski definition) is 6. The van der Waals surface area contributed by atoms with Gasteiger partial charge < -0.3 is 20.2 Å². The normalized spacial score (nSPS) is 10.1. The summed E-state index contributed by atoms with van der Waals surface area (Å²) < 4.78 is 9.76. The van der Waals surface area contributed by atoms with Crippen molar-refractivity contribution in [3.8, 4) is 0 Å². The number of carbonyl (C=O) groups is 1. The van der Waals surface area contributed by atoms with E-state index in [1.165, 1.54) is 7.11 Å². The van der Waals surface area contributed by atoms with Crippen molar-refractivity contribution in [2.45, 2.75) is 19.8 Å². The van der Waals surface area contributed by atoms with Gasteiger partial charge in [-0.3, -0.25) is 0 Å². The molecule has 7 heteroatoms. The van der Waals surface area contributed by atoms with E-state index in [0.29, 0.717) is 19.8 Å². The van der Waals surface area contributed by atoms with Gasteiger partial charge in [0.05, 0.1) is 20.3 Å². The lowest BCUT2D eigenvalue weighted by Crippen LogP contribution is -2.27. The summed E-state index contributed by atoms with van der Waals surface area (Å²) in [7, 11) is 4.94. The van der Waals surface area contributed by atoms with Crippen LogP contribution in [0.1, 0.15) is 19.8 Å². The zero-order valence-corrected chi connectivity index (χ0v) is 12.6. The Balaban J connectivity index is 3.03. The van der Waals surface area contributed by atoms with Crippen LogP contribution in [-0.4, -0.2) is 50.2 Å². The minimum atomic E-state index is -0.426. The standard InChI is InChI=1S/C11H22N2O3S2/c1-10(12)4-3-8-17-18-9-7-16-6-5-13-11(14)15-2/h12H,3-9H2,1-2H3,(H,13,14). The van der Waals surface area contributed by atoms with Crippen LogP contribution in [0.5, 0.6) is 0 Å². The van der Waals surface area contributed by atoms with Gasteiger partial charge in [0.15, 0.2) is 0 Å². The van der Waals surface area contributed by atoms with Gasteiger partial charge in [0, 0.05) is 23.8 Å². The Morgan fingerprint density at radius 2 is 2.00 bits per heavy atom. The molecule has 0 aliphatic rings. The third kappa shape index (κ3) is 13.7. The smallest absolute Gasteiger partial charge is 0.406 e. The molecule has 0 atom stereocenters. The molecule has 0 aliphatic carbocycles. The molecule has 0 bridgehead atoms. The molecular formula is C11H22N2O3S2. The monoisotopic (exact) mass is 294 g/mol. The fourth-order valence-corrected chi connectivity index (χ4v) is 2.96. The van der Waals surface area contributed by atoms with E-state index < -0.39 is 6.09 Å². The molecule has 0 fully saturated rings. The number of ether oxygens (including phenoxy) is 2. The van der Waals surface area contributed by atoms with Crippen molar-refractivity contribution in [3.05, 3.63) is 0 Å². The topological polar surface area (TPSA) is 71.4 Å². The van der Waals surface area contributed by atoms with Crippen LogP contribution in [0.3, 0.4) is 0 Å². The number of amides is 1. The van der Waals surface area contributed by atoms with Gasteiger partial charge in [-0.1, -0.05) is 21.6 Å². The molecule has 2 N–H and O–H groups in total. The van der Waals surface area contributed by atoms with Crippen molar-refractivity contribution in [2.75, 3.05) is 38.4 Å². The summed E-state index contributed by atoms with van der Waals surface area (Å²) in [6.07, 6.45) is 1.53. The first kappa shape index (κ1) is 17.6. The number of nitrogens with one attached hydrogen (secondary N) is 2. The molecule has 0 aromatic rings. The zero-order chi connectivity index (χ0) is 13.6. The van der Waals surface area contributed by atoms with E-state index in [0.717, 1.165) is 30.1 Å². The molecule has 0 radical (unpaired) electrons. The van der Waals surface area contributed by atoms with Gasteiger partial charge >= 0.3 is 6.09 Å². The summed E-state index contributed by atoms with van der Waals surface area (Å²) in [4.78, 5) is 10.7. The van der Waals surface area contributed by atoms with Crippen LogP contribution < -0.4 is 5.32 Å². The molecule has 5 nitrogen and oxygen atoms in total. The first-order chi connectivity index (χ1) is 8.66. The van der Waals surface area contributed by atoms with Crippen LogP contribution in [0.2, 0.25) is 0 Å². The molecule has 1 amide bonds. The van der Waals surface area contributed by atoms with Gasteiger partial charge in [0.25, 0.3) is 0 Å². The zero-order valence-electron chi connectivity index (χ0n) is 11.0. The highest BCUT2D eigenvalue weighted by molar-refractivity contribution is 8.76. The Morgan fingerprint density at radius 1 is 1.28 bits per heavy atom. The summed E-state index contributed by atoms with van der Waals surface area (Å²) >= 11 is 0. The van der Waals surface area contributed by atoms with E-state index in [1.807, 2.05) is 17.7 Å². The van der Waals surface area contributed by atoms with Crippen LogP contribution in [0.4, 0.5) is 4.79 Å². The van der Waals surface area contributed by atoms with Crippen molar-refractivity contribution >= 4 is 33.4 Å². The lowest BCUT2D eigenvalue weighted by molar-refractivity contribution is 0.140.